The molecule has 0 bridgehead atoms. The number of hydrogen-bond donors (Lipinski definition) is 1. The molecule has 15 heavy (non-hydrogen) atoms. The Bertz CT molecular complexity index is 370. The van der Waals surface area contributed by atoms with Crippen molar-refractivity contribution in [3.05, 3.63) is 24.0 Å². The standard InChI is InChI=1S/C11H14FNO2/c1-11(5-2-6-13)14-9-4-3-8(12)7-10(9)15-11/h3-4,7H,2,5-6,13H2,1H3. The first-order valence-electron chi connectivity index (χ1n) is 5.01. The van der Waals surface area contributed by atoms with Crippen LogP contribution in [0.3, 0.4) is 0 Å². The van der Waals surface area contributed by atoms with Crippen LogP contribution in [0.5, 0.6) is 11.5 Å². The molecule has 0 radical (unpaired) electrons. The maximum absolute atomic E-state index is 12.9. The van der Waals surface area contributed by atoms with E-state index in [-0.39, 0.29) is 5.82 Å². The summed E-state index contributed by atoms with van der Waals surface area (Å²) in [5, 5.41) is 0. The molecule has 0 spiro atoms. The Hall–Kier alpha value is -1.29. The molecule has 1 aromatic carbocycles. The molecule has 82 valence electrons. The Morgan fingerprint density at radius 3 is 2.80 bits per heavy atom. The summed E-state index contributed by atoms with van der Waals surface area (Å²) in [7, 11) is 0. The van der Waals surface area contributed by atoms with Gasteiger partial charge in [-0.05, 0) is 25.1 Å². The number of nitrogens with two attached hydrogens (primary N) is 1. The van der Waals surface area contributed by atoms with Gasteiger partial charge in [-0.2, -0.15) is 0 Å². The topological polar surface area (TPSA) is 44.5 Å². The van der Waals surface area contributed by atoms with Gasteiger partial charge in [0, 0.05) is 19.4 Å². The third kappa shape index (κ3) is 2.04. The van der Waals surface area contributed by atoms with Crippen LogP contribution in [0.25, 0.3) is 0 Å². The predicted molar refractivity (Wildman–Crippen MR) is 54.3 cm³/mol. The zero-order valence-electron chi connectivity index (χ0n) is 8.63. The first-order valence-corrected chi connectivity index (χ1v) is 5.01. The SMILES string of the molecule is CC1(CCCN)Oc2ccc(F)cc2O1. The lowest BCUT2D eigenvalue weighted by Gasteiger charge is -2.22. The highest BCUT2D eigenvalue weighted by Gasteiger charge is 2.36. The van der Waals surface area contributed by atoms with Crippen LogP contribution in [0.15, 0.2) is 18.2 Å². The molecular weight excluding hydrogens is 197 g/mol. The highest BCUT2D eigenvalue weighted by Crippen LogP contribution is 2.41. The molecule has 1 atom stereocenters. The normalized spacial score (nSPS) is 23.1. The number of fused-ring (bicyclic) bond motifs is 1. The average molecular weight is 211 g/mol. The molecule has 0 fully saturated rings. The summed E-state index contributed by atoms with van der Waals surface area (Å²) in [5.74, 6) is 0.0426. The summed E-state index contributed by atoms with van der Waals surface area (Å²) in [6.45, 7) is 2.42. The van der Waals surface area contributed by atoms with E-state index in [1.165, 1.54) is 12.1 Å². The van der Waals surface area contributed by atoms with E-state index in [1.54, 1.807) is 6.07 Å². The fraction of sp³-hybridized carbons (Fsp3) is 0.455. The number of ether oxygens (including phenoxy) is 2. The van der Waals surface area contributed by atoms with Gasteiger partial charge in [0.15, 0.2) is 11.5 Å². The van der Waals surface area contributed by atoms with Gasteiger partial charge >= 0.3 is 0 Å². The summed E-state index contributed by atoms with van der Waals surface area (Å²) >= 11 is 0. The minimum absolute atomic E-state index is 0.319. The van der Waals surface area contributed by atoms with E-state index in [4.69, 9.17) is 15.2 Å². The minimum atomic E-state index is -0.699. The average Bonchev–Trinajstić information content (AvgIpc) is 2.51. The number of rotatable bonds is 3. The highest BCUT2D eigenvalue weighted by molar-refractivity contribution is 5.43. The van der Waals surface area contributed by atoms with Crippen molar-refractivity contribution in [2.75, 3.05) is 6.54 Å². The maximum atomic E-state index is 12.9. The van der Waals surface area contributed by atoms with E-state index >= 15 is 0 Å². The van der Waals surface area contributed by atoms with Gasteiger partial charge in [-0.15, -0.1) is 0 Å². The van der Waals surface area contributed by atoms with Crippen molar-refractivity contribution in [1.29, 1.82) is 0 Å². The molecule has 0 saturated heterocycles. The molecule has 0 aromatic heterocycles. The first kappa shape index (κ1) is 10.2. The van der Waals surface area contributed by atoms with Crippen LogP contribution in [-0.2, 0) is 0 Å². The summed E-state index contributed by atoms with van der Waals surface area (Å²) in [6.07, 6.45) is 1.51. The molecule has 2 rings (SSSR count). The molecule has 1 unspecified atom stereocenters. The van der Waals surface area contributed by atoms with Crippen LogP contribution < -0.4 is 15.2 Å². The molecule has 4 heteroatoms. The van der Waals surface area contributed by atoms with Gasteiger partial charge in [-0.1, -0.05) is 0 Å². The smallest absolute Gasteiger partial charge is 0.248 e. The zero-order valence-corrected chi connectivity index (χ0v) is 8.63. The monoisotopic (exact) mass is 211 g/mol. The van der Waals surface area contributed by atoms with E-state index in [9.17, 15) is 4.39 Å². The first-order chi connectivity index (χ1) is 7.13. The van der Waals surface area contributed by atoms with Gasteiger partial charge in [0.2, 0.25) is 5.79 Å². The Kier molecular flexibility index (Phi) is 2.52. The third-order valence-corrected chi connectivity index (χ3v) is 2.39. The quantitative estimate of drug-likeness (QED) is 0.832. The number of halogens is 1. The van der Waals surface area contributed by atoms with Gasteiger partial charge in [0.05, 0.1) is 0 Å². The second-order valence-electron chi connectivity index (χ2n) is 3.82. The number of benzene rings is 1. The molecule has 1 aliphatic heterocycles. The molecule has 3 nitrogen and oxygen atoms in total. The van der Waals surface area contributed by atoms with Crippen molar-refractivity contribution < 1.29 is 13.9 Å². The number of hydrogen-bond acceptors (Lipinski definition) is 3. The van der Waals surface area contributed by atoms with E-state index in [1.807, 2.05) is 6.92 Å². The lowest BCUT2D eigenvalue weighted by atomic mass is 10.2. The Morgan fingerprint density at radius 2 is 2.07 bits per heavy atom. The predicted octanol–water partition coefficient (Wildman–Crippen LogP) is 2.05. The molecule has 1 aromatic rings. The Morgan fingerprint density at radius 1 is 1.33 bits per heavy atom. The van der Waals surface area contributed by atoms with Gasteiger partial charge < -0.3 is 15.2 Å². The summed E-state index contributed by atoms with van der Waals surface area (Å²) in [6, 6.07) is 4.28. The van der Waals surface area contributed by atoms with E-state index in [2.05, 4.69) is 0 Å². The fourth-order valence-electron chi connectivity index (χ4n) is 1.66. The van der Waals surface area contributed by atoms with Gasteiger partial charge in [-0.25, -0.2) is 4.39 Å². The highest BCUT2D eigenvalue weighted by atomic mass is 19.1. The molecular formula is C11H14FNO2. The molecule has 0 aliphatic carbocycles. The Labute approximate surface area is 88.0 Å². The van der Waals surface area contributed by atoms with Crippen molar-refractivity contribution in [2.45, 2.75) is 25.6 Å². The van der Waals surface area contributed by atoms with Crippen LogP contribution in [-0.4, -0.2) is 12.3 Å². The summed E-state index contributed by atoms with van der Waals surface area (Å²) in [5.41, 5.74) is 5.42. The van der Waals surface area contributed by atoms with E-state index < -0.39 is 5.79 Å². The van der Waals surface area contributed by atoms with Crippen molar-refractivity contribution in [2.24, 2.45) is 5.73 Å². The van der Waals surface area contributed by atoms with Crippen LogP contribution >= 0.6 is 0 Å². The fourth-order valence-corrected chi connectivity index (χ4v) is 1.66. The van der Waals surface area contributed by atoms with Crippen LogP contribution in [0.2, 0.25) is 0 Å². The van der Waals surface area contributed by atoms with Crippen molar-refractivity contribution >= 4 is 0 Å². The molecule has 1 aliphatic rings. The van der Waals surface area contributed by atoms with E-state index in [0.29, 0.717) is 24.5 Å². The third-order valence-electron chi connectivity index (χ3n) is 2.39. The molecule has 0 amide bonds. The molecule has 2 N–H and O–H groups in total. The molecule has 1 heterocycles. The van der Waals surface area contributed by atoms with Crippen LogP contribution in [0.4, 0.5) is 4.39 Å². The minimum Gasteiger partial charge on any atom is -0.449 e. The molecule has 0 saturated carbocycles. The maximum Gasteiger partial charge on any atom is 0.248 e. The summed E-state index contributed by atoms with van der Waals surface area (Å²) < 4.78 is 24.1. The second kappa shape index (κ2) is 3.70. The van der Waals surface area contributed by atoms with Gasteiger partial charge in [0.1, 0.15) is 5.82 Å². The van der Waals surface area contributed by atoms with Gasteiger partial charge in [0.25, 0.3) is 0 Å². The largest absolute Gasteiger partial charge is 0.449 e. The van der Waals surface area contributed by atoms with Crippen molar-refractivity contribution in [3.8, 4) is 11.5 Å². The Balaban J connectivity index is 2.14. The van der Waals surface area contributed by atoms with Crippen molar-refractivity contribution in [1.82, 2.24) is 0 Å². The van der Waals surface area contributed by atoms with Crippen LogP contribution in [0.1, 0.15) is 19.8 Å². The van der Waals surface area contributed by atoms with Gasteiger partial charge in [-0.3, -0.25) is 0 Å². The summed E-state index contributed by atoms with van der Waals surface area (Å²) in [4.78, 5) is 0. The zero-order chi connectivity index (χ0) is 10.9. The lowest BCUT2D eigenvalue weighted by Crippen LogP contribution is -2.35. The second-order valence-corrected chi connectivity index (χ2v) is 3.82. The lowest BCUT2D eigenvalue weighted by molar-refractivity contribution is -0.0688. The van der Waals surface area contributed by atoms with Crippen molar-refractivity contribution in [3.63, 3.8) is 0 Å². The van der Waals surface area contributed by atoms with Crippen LogP contribution in [0, 0.1) is 5.82 Å². The van der Waals surface area contributed by atoms with E-state index in [0.717, 1.165) is 6.42 Å².